The third kappa shape index (κ3) is 15.1. The predicted molar refractivity (Wildman–Crippen MR) is 374 cm³/mol. The Balaban J connectivity index is 0.000000168. The van der Waals surface area contributed by atoms with Crippen molar-refractivity contribution in [3.8, 4) is 5.69 Å². The number of rotatable bonds is 17. The lowest BCUT2D eigenvalue weighted by Crippen LogP contribution is -2.41. The normalized spacial score (nSPS) is 17.8. The molecule has 3 saturated heterocycles. The number of benzene rings is 7. The van der Waals surface area contributed by atoms with Crippen LogP contribution in [-0.4, -0.2) is 59.5 Å². The second kappa shape index (κ2) is 27.3. The summed E-state index contributed by atoms with van der Waals surface area (Å²) >= 11 is 10.6. The Morgan fingerprint density at radius 3 is 1.06 bits per heavy atom. The number of halogens is 3. The monoisotopic (exact) mass is 1350 g/mol. The summed E-state index contributed by atoms with van der Waals surface area (Å²) in [6.45, 7) is 29.5. The molecule has 0 radical (unpaired) electrons. The molecular weight excluding hydrogens is 1260 g/mol. The molecule has 452 valence electrons. The fourth-order valence-corrected chi connectivity index (χ4v) is 11.7. The maximum absolute atomic E-state index is 6.39. The molecule has 86 heavy (non-hydrogen) atoms. The quantitative estimate of drug-likeness (QED) is 0.0665. The summed E-state index contributed by atoms with van der Waals surface area (Å²) in [6, 6.07) is 56.0. The van der Waals surface area contributed by atoms with Crippen LogP contribution in [0.2, 0.25) is 0 Å². The molecule has 7 aromatic carbocycles. The summed E-state index contributed by atoms with van der Waals surface area (Å²) < 4.78 is 43.6. The smallest absolute Gasteiger partial charge is 0.399 e. The molecule has 8 aromatic rings. The van der Waals surface area contributed by atoms with Crippen LogP contribution >= 0.6 is 47.8 Å². The minimum absolute atomic E-state index is 0.348. The Morgan fingerprint density at radius 1 is 0.349 bits per heavy atom. The summed E-state index contributed by atoms with van der Waals surface area (Å²) in [6.07, 6.45) is 13.1. The maximum atomic E-state index is 6.39. The molecule has 4 heterocycles. The fraction of sp³-hybridized carbons (Fsp3) is 0.417. The van der Waals surface area contributed by atoms with Crippen molar-refractivity contribution >= 4 is 124 Å². The molecule has 0 N–H and O–H groups in total. The zero-order valence-electron chi connectivity index (χ0n) is 53.3. The average Bonchev–Trinajstić information content (AvgIpc) is 1.72. The summed E-state index contributed by atoms with van der Waals surface area (Å²) in [7, 11) is -1.22. The first-order valence-electron chi connectivity index (χ1n) is 31.1. The minimum atomic E-state index is -0.429. The molecule has 3 aliphatic heterocycles. The van der Waals surface area contributed by atoms with Gasteiger partial charge in [0.05, 0.1) is 44.6 Å². The van der Waals surface area contributed by atoms with E-state index in [2.05, 4.69) is 312 Å². The van der Waals surface area contributed by atoms with Gasteiger partial charge in [-0.1, -0.05) is 161 Å². The SMILES string of the molecule is CC1(C)OB(c2ccc3c(c2)c2cc(B4OC(C)(C)C(C)(C)O4)ccc2n3-c2ccc(Br)cc2)OC1(C)C.CCCCCCCCc1ccc(Br)cc1.CCCCc1ccc(N(c2ccc(Br)cc2)c2ccc(B3OC(C)(C)C(C)(C)O3)cc2)cc1. The molecule has 0 aliphatic carbocycles. The number of unbranched alkanes of at least 4 members (excludes halogenated alkanes) is 6. The molecule has 0 atom stereocenters. The Kier molecular flexibility index (Phi) is 21.0. The maximum Gasteiger partial charge on any atom is 0.494 e. The Hall–Kier alpha value is -4.47. The molecular formula is C72H88B3Br3N2O6. The van der Waals surface area contributed by atoms with Gasteiger partial charge in [-0.2, -0.15) is 0 Å². The molecule has 3 aliphatic rings. The van der Waals surface area contributed by atoms with Gasteiger partial charge in [0.15, 0.2) is 0 Å². The fourth-order valence-electron chi connectivity index (χ4n) is 10.9. The molecule has 1 aromatic heterocycles. The third-order valence-corrected chi connectivity index (χ3v) is 20.0. The number of hydrogen-bond donors (Lipinski definition) is 0. The van der Waals surface area contributed by atoms with Crippen LogP contribution in [0.4, 0.5) is 17.1 Å². The van der Waals surface area contributed by atoms with Crippen molar-refractivity contribution in [2.24, 2.45) is 0 Å². The van der Waals surface area contributed by atoms with Crippen LogP contribution in [-0.2, 0) is 40.8 Å². The Morgan fingerprint density at radius 2 is 0.651 bits per heavy atom. The van der Waals surface area contributed by atoms with Gasteiger partial charge in [0, 0.05) is 46.9 Å². The molecule has 0 saturated carbocycles. The number of hydrogen-bond acceptors (Lipinski definition) is 7. The van der Waals surface area contributed by atoms with Crippen LogP contribution in [0.5, 0.6) is 0 Å². The molecule has 14 heteroatoms. The number of anilines is 3. The largest absolute Gasteiger partial charge is 0.494 e. The van der Waals surface area contributed by atoms with E-state index in [9.17, 15) is 0 Å². The van der Waals surface area contributed by atoms with Gasteiger partial charge < -0.3 is 37.4 Å². The summed E-state index contributed by atoms with van der Waals surface area (Å²) in [5.74, 6) is 0. The molecule has 0 unspecified atom stereocenters. The molecule has 0 spiro atoms. The lowest BCUT2D eigenvalue weighted by molar-refractivity contribution is 0.00578. The van der Waals surface area contributed by atoms with Gasteiger partial charge in [0.2, 0.25) is 0 Å². The highest BCUT2D eigenvalue weighted by molar-refractivity contribution is 9.11. The third-order valence-electron chi connectivity index (χ3n) is 18.5. The lowest BCUT2D eigenvalue weighted by Gasteiger charge is -2.32. The zero-order chi connectivity index (χ0) is 61.8. The summed E-state index contributed by atoms with van der Waals surface area (Å²) in [5, 5.41) is 2.27. The topological polar surface area (TPSA) is 63.6 Å². The van der Waals surface area contributed by atoms with Crippen LogP contribution in [0.15, 0.2) is 171 Å². The highest BCUT2D eigenvalue weighted by Gasteiger charge is 2.54. The van der Waals surface area contributed by atoms with Crippen LogP contribution in [0.3, 0.4) is 0 Å². The highest BCUT2D eigenvalue weighted by Crippen LogP contribution is 2.41. The van der Waals surface area contributed by atoms with E-state index in [0.717, 1.165) is 76.3 Å². The first kappa shape index (κ1) is 66.0. The van der Waals surface area contributed by atoms with E-state index in [1.165, 1.54) is 73.4 Å². The average molecular weight is 1350 g/mol. The second-order valence-electron chi connectivity index (χ2n) is 26.4. The van der Waals surface area contributed by atoms with E-state index < -0.39 is 36.6 Å². The minimum Gasteiger partial charge on any atom is -0.399 e. The molecule has 0 amide bonds. The van der Waals surface area contributed by atoms with Crippen molar-refractivity contribution < 1.29 is 27.9 Å². The number of fused-ring (bicyclic) bond motifs is 3. The van der Waals surface area contributed by atoms with E-state index in [1.54, 1.807) is 0 Å². The van der Waals surface area contributed by atoms with E-state index in [-0.39, 0.29) is 18.3 Å². The van der Waals surface area contributed by atoms with Gasteiger partial charge in [0.25, 0.3) is 0 Å². The van der Waals surface area contributed by atoms with E-state index in [0.29, 0.717) is 0 Å². The van der Waals surface area contributed by atoms with Crippen molar-refractivity contribution in [1.82, 2.24) is 4.57 Å². The molecule has 8 nitrogen and oxygen atoms in total. The van der Waals surface area contributed by atoms with Gasteiger partial charge in [0.1, 0.15) is 0 Å². The van der Waals surface area contributed by atoms with Crippen molar-refractivity contribution in [2.45, 2.75) is 195 Å². The van der Waals surface area contributed by atoms with Crippen molar-refractivity contribution in [1.29, 1.82) is 0 Å². The van der Waals surface area contributed by atoms with Gasteiger partial charge in [-0.15, -0.1) is 0 Å². The van der Waals surface area contributed by atoms with Crippen molar-refractivity contribution in [2.75, 3.05) is 4.90 Å². The first-order chi connectivity index (χ1) is 40.7. The van der Waals surface area contributed by atoms with Crippen molar-refractivity contribution in [3.05, 3.63) is 182 Å². The van der Waals surface area contributed by atoms with E-state index in [1.807, 2.05) is 0 Å². The zero-order valence-corrected chi connectivity index (χ0v) is 58.1. The van der Waals surface area contributed by atoms with Crippen LogP contribution in [0.1, 0.15) is 159 Å². The number of aromatic nitrogens is 1. The summed E-state index contributed by atoms with van der Waals surface area (Å²) in [5.41, 5.74) is 10.3. The van der Waals surface area contributed by atoms with Gasteiger partial charge in [-0.05, 0) is 233 Å². The number of aryl methyl sites for hydroxylation is 2. The number of nitrogens with zero attached hydrogens (tertiary/aromatic N) is 2. The molecule has 11 rings (SSSR count). The summed E-state index contributed by atoms with van der Waals surface area (Å²) in [4.78, 5) is 2.28. The second-order valence-corrected chi connectivity index (χ2v) is 29.2. The highest BCUT2D eigenvalue weighted by atomic mass is 79.9. The Labute approximate surface area is 540 Å². The first-order valence-corrected chi connectivity index (χ1v) is 33.5. The lowest BCUT2D eigenvalue weighted by atomic mass is 9.77. The predicted octanol–water partition coefficient (Wildman–Crippen LogP) is 19.1. The van der Waals surface area contributed by atoms with Gasteiger partial charge >= 0.3 is 21.4 Å². The van der Waals surface area contributed by atoms with E-state index >= 15 is 0 Å². The van der Waals surface area contributed by atoms with E-state index in [4.69, 9.17) is 27.9 Å². The van der Waals surface area contributed by atoms with Crippen LogP contribution in [0.25, 0.3) is 27.5 Å². The van der Waals surface area contributed by atoms with Crippen molar-refractivity contribution in [3.63, 3.8) is 0 Å². The van der Waals surface area contributed by atoms with Crippen LogP contribution < -0.4 is 21.3 Å². The molecule has 0 bridgehead atoms. The van der Waals surface area contributed by atoms with Gasteiger partial charge in [-0.3, -0.25) is 0 Å². The van der Waals surface area contributed by atoms with Crippen LogP contribution in [0, 0.1) is 0 Å². The molecule has 3 fully saturated rings. The van der Waals surface area contributed by atoms with Gasteiger partial charge in [-0.25, -0.2) is 0 Å². The Bertz CT molecular complexity index is 3390. The standard InChI is InChI=1S/C30H34B2BrNO4.C28H33BBrNO2.C14H21Br/c1-27(2)28(3,4)36-31(35-27)19-9-15-25-23(17-19)24-18-20(32-37-29(5,6)30(7,8)38-32)10-16-26(24)34(25)22-13-11-21(33)12-14-22;1-6-7-8-21-9-15-24(16-10-21)31(26-19-13-23(30)14-20-26)25-17-11-22(12-18-25)29-32-27(2,3)28(4,5)33-29;1-2-3-4-5-6-7-8-13-9-11-14(15)12-10-13/h9-18H,1-8H3;9-20H,6-8H2,1-5H3;9-12H,2-8H2,1H3.